The molecule has 1 aromatic carbocycles. The number of primary amides is 1. The first kappa shape index (κ1) is 22.9. The van der Waals surface area contributed by atoms with Crippen LogP contribution in [0.2, 0.25) is 5.02 Å². The van der Waals surface area contributed by atoms with Gasteiger partial charge in [0.2, 0.25) is 0 Å². The van der Waals surface area contributed by atoms with E-state index in [1.54, 1.807) is 41.0 Å². The van der Waals surface area contributed by atoms with Gasteiger partial charge in [-0.15, -0.1) is 0 Å². The number of aliphatic hydroxyl groups is 1. The fourth-order valence-electron chi connectivity index (χ4n) is 4.20. The Kier molecular flexibility index (Phi) is 5.71. The maximum atomic E-state index is 12.4. The molecule has 1 fully saturated rings. The minimum Gasteiger partial charge on any atom is -0.390 e. The van der Waals surface area contributed by atoms with Crippen LogP contribution in [0.4, 0.5) is 21.9 Å². The summed E-state index contributed by atoms with van der Waals surface area (Å²) in [5, 5.41) is 24.6. The number of fused-ring (bicyclic) bond motifs is 1. The smallest absolute Gasteiger partial charge is 0.323 e. The highest BCUT2D eigenvalue weighted by atomic mass is 35.5. The van der Waals surface area contributed by atoms with Crippen LogP contribution < -0.4 is 21.7 Å². The number of carbonyl (C=O) groups excluding carboxylic acids is 2. The van der Waals surface area contributed by atoms with E-state index in [0.29, 0.717) is 34.0 Å². The van der Waals surface area contributed by atoms with E-state index in [9.17, 15) is 14.7 Å². The zero-order valence-corrected chi connectivity index (χ0v) is 19.4. The third-order valence-electron chi connectivity index (χ3n) is 6.76. The molecule has 3 aromatic rings. The molecule has 2 aromatic heterocycles. The molecular weight excluding hydrogens is 444 g/mol. The monoisotopic (exact) mass is 470 g/mol. The highest BCUT2D eigenvalue weighted by Crippen LogP contribution is 2.47. The molecule has 10 heteroatoms. The number of halogens is 1. The van der Waals surface area contributed by atoms with Gasteiger partial charge in [0, 0.05) is 22.2 Å². The van der Waals surface area contributed by atoms with Gasteiger partial charge >= 0.3 is 6.03 Å². The molecule has 9 nitrogen and oxygen atoms in total. The average Bonchev–Trinajstić information content (AvgIpc) is 3.22. The van der Waals surface area contributed by atoms with Crippen LogP contribution in [0.3, 0.4) is 0 Å². The minimum absolute atomic E-state index is 0.101. The third kappa shape index (κ3) is 4.34. The van der Waals surface area contributed by atoms with Crippen molar-refractivity contribution in [3.63, 3.8) is 0 Å². The summed E-state index contributed by atoms with van der Waals surface area (Å²) in [6, 6.07) is 7.92. The number of benzene rings is 1. The Morgan fingerprint density at radius 3 is 2.45 bits per heavy atom. The number of nitrogens with two attached hydrogens (primary N) is 1. The van der Waals surface area contributed by atoms with Gasteiger partial charge in [0.05, 0.1) is 40.4 Å². The summed E-state index contributed by atoms with van der Waals surface area (Å²) in [5.74, 6) is -0.619. The second-order valence-corrected chi connectivity index (χ2v) is 9.61. The number of hydrogen-bond acceptors (Lipinski definition) is 5. The molecule has 0 aliphatic heterocycles. The van der Waals surface area contributed by atoms with Crippen LogP contribution in [0.15, 0.2) is 42.7 Å². The van der Waals surface area contributed by atoms with E-state index >= 15 is 0 Å². The quantitative estimate of drug-likeness (QED) is 0.383. The predicted octanol–water partition coefficient (Wildman–Crippen LogP) is 4.08. The summed E-state index contributed by atoms with van der Waals surface area (Å²) < 4.78 is 1.56. The van der Waals surface area contributed by atoms with Gasteiger partial charge < -0.3 is 26.8 Å². The molecule has 0 unspecified atom stereocenters. The van der Waals surface area contributed by atoms with Crippen molar-refractivity contribution in [1.82, 2.24) is 9.61 Å². The van der Waals surface area contributed by atoms with E-state index in [1.165, 1.54) is 6.20 Å². The summed E-state index contributed by atoms with van der Waals surface area (Å²) >= 11 is 5.88. The lowest BCUT2D eigenvalue weighted by Crippen LogP contribution is -2.45. The molecule has 0 spiro atoms. The van der Waals surface area contributed by atoms with Crippen molar-refractivity contribution >= 4 is 46.1 Å². The normalized spacial score (nSPS) is 21.7. The zero-order chi connectivity index (χ0) is 24.0. The molecule has 33 heavy (non-hydrogen) atoms. The van der Waals surface area contributed by atoms with E-state index in [0.717, 1.165) is 6.42 Å². The SMILES string of the molecule is CC1(C)[C@H](Nc2c(C(N)=O)cnn3cc(NC(=O)Nc4ccc(Cl)cc4)cc23)CC[C@@]1(C)O. The number of carbonyl (C=O) groups is 2. The molecule has 4 rings (SSSR count). The van der Waals surface area contributed by atoms with Crippen LogP contribution in [0.5, 0.6) is 0 Å². The van der Waals surface area contributed by atoms with Crippen molar-refractivity contribution in [3.8, 4) is 0 Å². The van der Waals surface area contributed by atoms with E-state index in [2.05, 4.69) is 21.0 Å². The lowest BCUT2D eigenvalue weighted by molar-refractivity contribution is -0.0283. The van der Waals surface area contributed by atoms with Crippen molar-refractivity contribution in [2.24, 2.45) is 11.1 Å². The lowest BCUT2D eigenvalue weighted by atomic mass is 9.76. The number of nitrogens with zero attached hydrogens (tertiary/aromatic N) is 2. The Morgan fingerprint density at radius 1 is 1.18 bits per heavy atom. The van der Waals surface area contributed by atoms with Crippen molar-refractivity contribution in [3.05, 3.63) is 53.3 Å². The first-order chi connectivity index (χ1) is 15.5. The minimum atomic E-state index is -0.852. The molecule has 174 valence electrons. The molecule has 3 amide bonds. The van der Waals surface area contributed by atoms with Gasteiger partial charge in [-0.3, -0.25) is 4.79 Å². The van der Waals surface area contributed by atoms with Crippen LogP contribution in [0, 0.1) is 5.41 Å². The van der Waals surface area contributed by atoms with Crippen molar-refractivity contribution in [2.75, 3.05) is 16.0 Å². The topological polar surface area (TPSA) is 134 Å². The summed E-state index contributed by atoms with van der Waals surface area (Å²) in [7, 11) is 0. The van der Waals surface area contributed by atoms with Gasteiger partial charge in [-0.2, -0.15) is 5.10 Å². The standard InChI is InChI=1S/C23H27ClN6O3/c1-22(2)18(8-9-23(22,3)33)29-19-16(20(25)31)11-26-30-12-15(10-17(19)30)28-21(32)27-14-6-4-13(24)5-7-14/h4-7,10-12,18,29,33H,8-9H2,1-3H3,(H2,25,31)(H2,27,28,32)/t18-,23-/m1/s1. The zero-order valence-electron chi connectivity index (χ0n) is 18.6. The van der Waals surface area contributed by atoms with Crippen molar-refractivity contribution in [2.45, 2.75) is 45.3 Å². The summed E-state index contributed by atoms with van der Waals surface area (Å²) in [5.41, 5.74) is 6.72. The van der Waals surface area contributed by atoms with Crippen molar-refractivity contribution in [1.29, 1.82) is 0 Å². The molecule has 2 atom stereocenters. The van der Waals surface area contributed by atoms with E-state index in [4.69, 9.17) is 17.3 Å². The van der Waals surface area contributed by atoms with Crippen LogP contribution >= 0.6 is 11.6 Å². The molecule has 1 saturated carbocycles. The molecule has 0 bridgehead atoms. The second-order valence-electron chi connectivity index (χ2n) is 9.17. The third-order valence-corrected chi connectivity index (χ3v) is 7.01. The lowest BCUT2D eigenvalue weighted by Gasteiger charge is -2.38. The van der Waals surface area contributed by atoms with E-state index in [1.807, 2.05) is 20.8 Å². The number of nitrogens with one attached hydrogen (secondary N) is 3. The summed E-state index contributed by atoms with van der Waals surface area (Å²) in [6.45, 7) is 5.81. The van der Waals surface area contributed by atoms with Crippen LogP contribution in [-0.4, -0.2) is 38.3 Å². The average molecular weight is 471 g/mol. The Balaban J connectivity index is 1.62. The number of hydrogen-bond donors (Lipinski definition) is 5. The van der Waals surface area contributed by atoms with Crippen LogP contribution in [-0.2, 0) is 0 Å². The molecular formula is C23H27ClN6O3. The summed E-state index contributed by atoms with van der Waals surface area (Å²) in [6.07, 6.45) is 4.39. The second kappa shape index (κ2) is 8.24. The van der Waals surface area contributed by atoms with Gasteiger partial charge in [0.15, 0.2) is 0 Å². The fourth-order valence-corrected chi connectivity index (χ4v) is 4.33. The Morgan fingerprint density at radius 2 is 1.85 bits per heavy atom. The maximum absolute atomic E-state index is 12.4. The Hall–Kier alpha value is -3.30. The van der Waals surface area contributed by atoms with Crippen LogP contribution in [0.1, 0.15) is 44.0 Å². The predicted molar refractivity (Wildman–Crippen MR) is 129 cm³/mol. The highest BCUT2D eigenvalue weighted by molar-refractivity contribution is 6.30. The number of rotatable bonds is 5. The molecule has 0 radical (unpaired) electrons. The molecule has 6 N–H and O–H groups in total. The van der Waals surface area contributed by atoms with E-state index in [-0.39, 0.29) is 11.6 Å². The van der Waals surface area contributed by atoms with Gasteiger partial charge in [-0.05, 0) is 50.1 Å². The largest absolute Gasteiger partial charge is 0.390 e. The first-order valence-electron chi connectivity index (χ1n) is 10.6. The Labute approximate surface area is 196 Å². The van der Waals surface area contributed by atoms with Gasteiger partial charge in [0.1, 0.15) is 0 Å². The summed E-state index contributed by atoms with van der Waals surface area (Å²) in [4.78, 5) is 24.6. The maximum Gasteiger partial charge on any atom is 0.323 e. The highest BCUT2D eigenvalue weighted by Gasteiger charge is 2.50. The van der Waals surface area contributed by atoms with E-state index < -0.39 is 23.0 Å². The molecule has 2 heterocycles. The van der Waals surface area contributed by atoms with Gasteiger partial charge in [0.25, 0.3) is 5.91 Å². The fraction of sp³-hybridized carbons (Fsp3) is 0.348. The Bertz CT molecular complexity index is 1220. The molecule has 1 aliphatic rings. The van der Waals surface area contributed by atoms with Gasteiger partial charge in [-0.25, -0.2) is 9.31 Å². The van der Waals surface area contributed by atoms with Crippen molar-refractivity contribution < 1.29 is 14.7 Å². The number of amides is 3. The molecule has 1 aliphatic carbocycles. The number of aromatic nitrogens is 2. The number of anilines is 3. The van der Waals surface area contributed by atoms with Crippen LogP contribution in [0.25, 0.3) is 5.52 Å². The molecule has 0 saturated heterocycles. The number of urea groups is 1. The van der Waals surface area contributed by atoms with Gasteiger partial charge in [-0.1, -0.05) is 25.4 Å². The first-order valence-corrected chi connectivity index (χ1v) is 11.0.